The highest BCUT2D eigenvalue weighted by molar-refractivity contribution is 7.89. The van der Waals surface area contributed by atoms with Crippen molar-refractivity contribution in [2.75, 3.05) is 18.0 Å². The number of carbonyl (C=O) groups excluding carboxylic acids is 2. The summed E-state index contributed by atoms with van der Waals surface area (Å²) in [6, 6.07) is 12.4. The van der Waals surface area contributed by atoms with Crippen LogP contribution in [0.2, 0.25) is 0 Å². The second kappa shape index (κ2) is 9.74. The number of amides is 2. The first-order valence-electron chi connectivity index (χ1n) is 12.3. The number of nitrogens with one attached hydrogen (secondary N) is 1. The average molecular weight is 498 g/mol. The van der Waals surface area contributed by atoms with Gasteiger partial charge in [0.2, 0.25) is 21.8 Å². The van der Waals surface area contributed by atoms with Gasteiger partial charge in [-0.15, -0.1) is 0 Å². The Morgan fingerprint density at radius 3 is 2.26 bits per heavy atom. The number of hydrogen-bond acceptors (Lipinski definition) is 4. The van der Waals surface area contributed by atoms with Crippen molar-refractivity contribution in [1.82, 2.24) is 9.62 Å². The number of hydrogen-bond donors (Lipinski definition) is 1. The van der Waals surface area contributed by atoms with E-state index in [4.69, 9.17) is 0 Å². The van der Waals surface area contributed by atoms with Crippen LogP contribution in [0.5, 0.6) is 0 Å². The van der Waals surface area contributed by atoms with E-state index in [9.17, 15) is 18.0 Å². The van der Waals surface area contributed by atoms with Gasteiger partial charge in [-0.1, -0.05) is 49.1 Å². The van der Waals surface area contributed by atoms with Crippen molar-refractivity contribution in [2.45, 2.75) is 76.3 Å². The molecule has 1 saturated heterocycles. The third-order valence-electron chi connectivity index (χ3n) is 7.23. The van der Waals surface area contributed by atoms with E-state index in [0.29, 0.717) is 5.69 Å². The highest BCUT2D eigenvalue weighted by Gasteiger charge is 2.51. The Labute approximate surface area is 208 Å². The lowest BCUT2D eigenvalue weighted by atomic mass is 9.90. The van der Waals surface area contributed by atoms with Crippen LogP contribution in [0.4, 0.5) is 5.69 Å². The molecule has 7 nitrogen and oxygen atoms in total. The van der Waals surface area contributed by atoms with Crippen LogP contribution in [0.25, 0.3) is 0 Å². The largest absolute Gasteiger partial charge is 0.351 e. The monoisotopic (exact) mass is 497 g/mol. The molecule has 1 aliphatic carbocycles. The summed E-state index contributed by atoms with van der Waals surface area (Å²) >= 11 is 0. The van der Waals surface area contributed by atoms with E-state index in [1.54, 1.807) is 31.2 Å². The van der Waals surface area contributed by atoms with Gasteiger partial charge in [-0.2, -0.15) is 4.31 Å². The second-order valence-corrected chi connectivity index (χ2v) is 12.1. The molecule has 1 N–H and O–H groups in total. The number of piperazine rings is 1. The molecule has 8 heteroatoms. The van der Waals surface area contributed by atoms with Crippen LogP contribution in [-0.2, 0) is 19.6 Å². The Kier molecular flexibility index (Phi) is 7.06. The van der Waals surface area contributed by atoms with E-state index in [1.807, 2.05) is 39.0 Å². The Hall–Kier alpha value is -2.71. The van der Waals surface area contributed by atoms with Crippen LogP contribution in [0.1, 0.15) is 55.7 Å². The number of sulfonamides is 1. The minimum atomic E-state index is -3.97. The third-order valence-corrected chi connectivity index (χ3v) is 9.04. The first kappa shape index (κ1) is 25.4. The molecule has 2 fully saturated rings. The second-order valence-electron chi connectivity index (χ2n) is 10.2. The molecule has 0 spiro atoms. The number of aryl methyl sites for hydroxylation is 3. The molecule has 1 heterocycles. The van der Waals surface area contributed by atoms with Crippen LogP contribution >= 0.6 is 0 Å². The molecule has 0 aromatic heterocycles. The van der Waals surface area contributed by atoms with E-state index < -0.39 is 21.5 Å². The molecule has 4 rings (SSSR count). The van der Waals surface area contributed by atoms with E-state index >= 15 is 0 Å². The quantitative estimate of drug-likeness (QED) is 0.680. The summed E-state index contributed by atoms with van der Waals surface area (Å²) in [5, 5.41) is 3.15. The fraction of sp³-hybridized carbons (Fsp3) is 0.481. The predicted octanol–water partition coefficient (Wildman–Crippen LogP) is 3.86. The zero-order valence-corrected chi connectivity index (χ0v) is 21.8. The molecule has 0 bridgehead atoms. The predicted molar refractivity (Wildman–Crippen MR) is 137 cm³/mol. The van der Waals surface area contributed by atoms with Gasteiger partial charge in [-0.3, -0.25) is 14.5 Å². The van der Waals surface area contributed by atoms with Crippen LogP contribution in [0.15, 0.2) is 47.4 Å². The van der Waals surface area contributed by atoms with Gasteiger partial charge in [0.1, 0.15) is 5.54 Å². The number of benzene rings is 2. The summed E-state index contributed by atoms with van der Waals surface area (Å²) in [5.41, 5.74) is 2.00. The molecule has 1 atom stereocenters. The number of carbonyl (C=O) groups is 2. The molecule has 0 radical (unpaired) electrons. The Morgan fingerprint density at radius 1 is 0.971 bits per heavy atom. The number of anilines is 1. The Balaban J connectivity index is 1.75. The lowest BCUT2D eigenvalue weighted by molar-refractivity contribution is -0.133. The van der Waals surface area contributed by atoms with E-state index in [1.165, 1.54) is 4.90 Å². The first-order valence-corrected chi connectivity index (χ1v) is 13.7. The van der Waals surface area contributed by atoms with E-state index in [0.717, 1.165) is 53.1 Å². The van der Waals surface area contributed by atoms with Gasteiger partial charge in [-0.25, -0.2) is 8.42 Å². The van der Waals surface area contributed by atoms with E-state index in [-0.39, 0.29) is 29.9 Å². The van der Waals surface area contributed by atoms with Crippen molar-refractivity contribution in [3.05, 3.63) is 59.2 Å². The topological polar surface area (TPSA) is 86.8 Å². The standard InChI is InChI=1S/C27H35N3O4S/c1-19-11-14-23(15-12-19)35(33,34)29-17-25(31)30(24-16-20(2)10-13-21(24)3)27(4,18-29)26(32)28-22-8-6-5-7-9-22/h10-16,22H,5-9,17-18H2,1-4H3,(H,28,32)/t27-/m1/s1. The van der Waals surface area contributed by atoms with Gasteiger partial charge in [0.05, 0.1) is 11.4 Å². The lowest BCUT2D eigenvalue weighted by Crippen LogP contribution is -2.71. The maximum atomic E-state index is 13.8. The molecule has 1 aliphatic heterocycles. The normalized spacial score (nSPS) is 22.3. The number of rotatable bonds is 5. The summed E-state index contributed by atoms with van der Waals surface area (Å²) in [4.78, 5) is 29.1. The van der Waals surface area contributed by atoms with Gasteiger partial charge in [0.25, 0.3) is 0 Å². The summed E-state index contributed by atoms with van der Waals surface area (Å²) < 4.78 is 28.2. The maximum absolute atomic E-state index is 13.8. The Morgan fingerprint density at radius 2 is 1.60 bits per heavy atom. The molecule has 1 saturated carbocycles. The summed E-state index contributed by atoms with van der Waals surface area (Å²) in [6.45, 7) is 6.95. The average Bonchev–Trinajstić information content (AvgIpc) is 2.81. The van der Waals surface area contributed by atoms with E-state index in [2.05, 4.69) is 5.32 Å². The van der Waals surface area contributed by atoms with Gasteiger partial charge in [-0.05, 0) is 69.9 Å². The van der Waals surface area contributed by atoms with Crippen molar-refractivity contribution in [1.29, 1.82) is 0 Å². The van der Waals surface area contributed by atoms with Crippen molar-refractivity contribution >= 4 is 27.5 Å². The molecule has 2 aromatic carbocycles. The molecular weight excluding hydrogens is 462 g/mol. The van der Waals surface area contributed by atoms with Gasteiger partial charge >= 0.3 is 0 Å². The third kappa shape index (κ3) is 5.00. The molecule has 2 aliphatic rings. The minimum Gasteiger partial charge on any atom is -0.351 e. The van der Waals surface area contributed by atoms with Gasteiger partial charge in [0.15, 0.2) is 0 Å². The van der Waals surface area contributed by atoms with Gasteiger partial charge in [0, 0.05) is 18.3 Å². The molecule has 35 heavy (non-hydrogen) atoms. The molecule has 2 aromatic rings. The van der Waals surface area contributed by atoms with Crippen molar-refractivity contribution in [2.24, 2.45) is 0 Å². The zero-order chi connectivity index (χ0) is 25.4. The highest BCUT2D eigenvalue weighted by atomic mass is 32.2. The van der Waals surface area contributed by atoms with Crippen molar-refractivity contribution < 1.29 is 18.0 Å². The molecule has 0 unspecified atom stereocenters. The molecular formula is C27H35N3O4S. The van der Waals surface area contributed by atoms with Crippen LogP contribution in [0.3, 0.4) is 0 Å². The summed E-state index contributed by atoms with van der Waals surface area (Å²) in [6.07, 6.45) is 5.04. The van der Waals surface area contributed by atoms with Crippen LogP contribution < -0.4 is 10.2 Å². The van der Waals surface area contributed by atoms with Crippen LogP contribution in [0, 0.1) is 20.8 Å². The first-order chi connectivity index (χ1) is 16.5. The fourth-order valence-electron chi connectivity index (χ4n) is 5.12. The molecule has 2 amide bonds. The highest BCUT2D eigenvalue weighted by Crippen LogP contribution is 2.35. The molecule has 188 valence electrons. The van der Waals surface area contributed by atoms with Crippen molar-refractivity contribution in [3.63, 3.8) is 0 Å². The minimum absolute atomic E-state index is 0.0349. The summed E-state index contributed by atoms with van der Waals surface area (Å²) in [5.74, 6) is -0.732. The lowest BCUT2D eigenvalue weighted by Gasteiger charge is -2.47. The van der Waals surface area contributed by atoms with Gasteiger partial charge < -0.3 is 5.32 Å². The van der Waals surface area contributed by atoms with Crippen molar-refractivity contribution in [3.8, 4) is 0 Å². The smallest absolute Gasteiger partial charge is 0.247 e. The van der Waals surface area contributed by atoms with Crippen LogP contribution in [-0.4, -0.2) is 49.2 Å². The Bertz CT molecular complexity index is 1220. The maximum Gasteiger partial charge on any atom is 0.247 e. The SMILES string of the molecule is Cc1ccc(S(=O)(=O)N2CC(=O)N(c3cc(C)ccc3C)[C@@](C)(C(=O)NC3CCCCC3)C2)cc1. The number of nitrogens with zero attached hydrogens (tertiary/aromatic N) is 2. The summed E-state index contributed by atoms with van der Waals surface area (Å²) in [7, 11) is -3.97. The zero-order valence-electron chi connectivity index (χ0n) is 21.0. The fourth-order valence-corrected chi connectivity index (χ4v) is 6.60.